The second kappa shape index (κ2) is 7.56. The lowest BCUT2D eigenvalue weighted by molar-refractivity contribution is 0.0926. The van der Waals surface area contributed by atoms with Crippen LogP contribution in [-0.4, -0.2) is 31.1 Å². The number of pyridine rings is 1. The van der Waals surface area contributed by atoms with Gasteiger partial charge < -0.3 is 5.32 Å². The van der Waals surface area contributed by atoms with Crippen LogP contribution >= 0.6 is 11.3 Å². The summed E-state index contributed by atoms with van der Waals surface area (Å²) in [5.74, 6) is -0.125. The lowest BCUT2D eigenvalue weighted by atomic mass is 9.85. The van der Waals surface area contributed by atoms with Crippen molar-refractivity contribution in [3.8, 4) is 5.00 Å². The van der Waals surface area contributed by atoms with E-state index in [0.717, 1.165) is 27.4 Å². The van der Waals surface area contributed by atoms with Gasteiger partial charge in [-0.15, -0.1) is 16.4 Å². The Bertz CT molecular complexity index is 912. The summed E-state index contributed by atoms with van der Waals surface area (Å²) < 4.78 is 1.54. The fourth-order valence-electron chi connectivity index (χ4n) is 2.97. The third-order valence-corrected chi connectivity index (χ3v) is 5.56. The minimum Gasteiger partial charge on any atom is -0.345 e. The Balaban J connectivity index is 1.95. The van der Waals surface area contributed by atoms with Gasteiger partial charge in [-0.2, -0.15) is 4.68 Å². The zero-order chi connectivity index (χ0) is 19.6. The number of hydrogen-bond donors (Lipinski definition) is 1. The molecule has 0 aliphatic heterocycles. The number of carbonyl (C=O) groups is 1. The smallest absolute Gasteiger partial charge is 0.255 e. The van der Waals surface area contributed by atoms with Gasteiger partial charge in [0, 0.05) is 17.3 Å². The third kappa shape index (κ3) is 4.39. The van der Waals surface area contributed by atoms with Gasteiger partial charge in [0.25, 0.3) is 5.91 Å². The maximum absolute atomic E-state index is 13.3. The number of aromatic nitrogens is 5. The van der Waals surface area contributed by atoms with Crippen LogP contribution in [0.1, 0.15) is 59.6 Å². The Morgan fingerprint density at radius 2 is 2.11 bits per heavy atom. The highest BCUT2D eigenvalue weighted by molar-refractivity contribution is 7.15. The monoisotopic (exact) mass is 384 g/mol. The van der Waals surface area contributed by atoms with Crippen LogP contribution in [-0.2, 0) is 0 Å². The largest absolute Gasteiger partial charge is 0.345 e. The maximum Gasteiger partial charge on any atom is 0.255 e. The molecule has 1 amide bonds. The highest BCUT2D eigenvalue weighted by Crippen LogP contribution is 2.33. The number of thiophene rings is 1. The second-order valence-corrected chi connectivity index (χ2v) is 9.00. The van der Waals surface area contributed by atoms with Gasteiger partial charge in [0.1, 0.15) is 11.3 Å². The molecule has 1 atom stereocenters. The molecular formula is C19H24N6OS. The summed E-state index contributed by atoms with van der Waals surface area (Å²) in [6, 6.07) is 3.76. The van der Waals surface area contributed by atoms with Crippen molar-refractivity contribution in [1.29, 1.82) is 0 Å². The van der Waals surface area contributed by atoms with Crippen molar-refractivity contribution < 1.29 is 4.79 Å². The van der Waals surface area contributed by atoms with Gasteiger partial charge in [0.05, 0.1) is 11.6 Å². The van der Waals surface area contributed by atoms with Gasteiger partial charge in [-0.3, -0.25) is 9.78 Å². The zero-order valence-corrected chi connectivity index (χ0v) is 17.0. The molecule has 0 bridgehead atoms. The van der Waals surface area contributed by atoms with E-state index in [4.69, 9.17) is 0 Å². The number of hydrogen-bond acceptors (Lipinski definition) is 6. The number of carbonyl (C=O) groups excluding carboxylic acids is 1. The predicted octanol–water partition coefficient (Wildman–Crippen LogP) is 3.64. The molecule has 1 N–H and O–H groups in total. The van der Waals surface area contributed by atoms with Crippen molar-refractivity contribution in [2.24, 2.45) is 5.41 Å². The summed E-state index contributed by atoms with van der Waals surface area (Å²) in [5, 5.41) is 15.3. The fourth-order valence-corrected chi connectivity index (χ4v) is 4.04. The van der Waals surface area contributed by atoms with Gasteiger partial charge in [-0.1, -0.05) is 26.8 Å². The molecule has 27 heavy (non-hydrogen) atoms. The number of rotatable bonds is 5. The quantitative estimate of drug-likeness (QED) is 0.726. The minimum atomic E-state index is -0.132. The average Bonchev–Trinajstić information content (AvgIpc) is 3.23. The van der Waals surface area contributed by atoms with Crippen LogP contribution < -0.4 is 5.32 Å². The van der Waals surface area contributed by atoms with Crippen LogP contribution in [0.3, 0.4) is 0 Å². The van der Waals surface area contributed by atoms with E-state index in [1.54, 1.807) is 10.9 Å². The summed E-state index contributed by atoms with van der Waals surface area (Å²) in [7, 11) is 0. The van der Waals surface area contributed by atoms with Crippen LogP contribution in [0.2, 0.25) is 0 Å². The fraction of sp³-hybridized carbons (Fsp3) is 0.421. The van der Waals surface area contributed by atoms with Crippen molar-refractivity contribution in [3.63, 3.8) is 0 Å². The first-order valence-corrected chi connectivity index (χ1v) is 9.62. The molecule has 7 nitrogen and oxygen atoms in total. The van der Waals surface area contributed by atoms with E-state index >= 15 is 0 Å². The van der Waals surface area contributed by atoms with Gasteiger partial charge in [0.15, 0.2) is 0 Å². The number of aryl methyl sites for hydroxylation is 1. The molecule has 8 heteroatoms. The van der Waals surface area contributed by atoms with Crippen molar-refractivity contribution >= 4 is 17.2 Å². The molecule has 0 aliphatic rings. The molecule has 0 aliphatic carbocycles. The zero-order valence-electron chi connectivity index (χ0n) is 16.2. The molecule has 0 saturated carbocycles. The van der Waals surface area contributed by atoms with E-state index in [9.17, 15) is 4.79 Å². The van der Waals surface area contributed by atoms with E-state index in [1.165, 1.54) is 17.7 Å². The lowest BCUT2D eigenvalue weighted by Crippen LogP contribution is -2.32. The Kier molecular flexibility index (Phi) is 5.36. The summed E-state index contributed by atoms with van der Waals surface area (Å²) in [4.78, 5) is 18.5. The third-order valence-electron chi connectivity index (χ3n) is 4.36. The molecule has 3 aromatic heterocycles. The molecule has 0 aromatic carbocycles. The van der Waals surface area contributed by atoms with Gasteiger partial charge in [-0.25, -0.2) is 0 Å². The summed E-state index contributed by atoms with van der Waals surface area (Å²) in [6.07, 6.45) is 5.86. The predicted molar refractivity (Wildman–Crippen MR) is 105 cm³/mol. The van der Waals surface area contributed by atoms with Crippen LogP contribution in [0.5, 0.6) is 0 Å². The molecular weight excluding hydrogens is 360 g/mol. The number of tetrazole rings is 1. The summed E-state index contributed by atoms with van der Waals surface area (Å²) >= 11 is 1.51. The molecule has 0 unspecified atom stereocenters. The minimum absolute atomic E-state index is 0.0477. The SMILES string of the molecule is Cc1sc(-n2cnnn2)c(C(=O)N[C@H](CC(C)(C)C)c2cccnc2)c1C. The number of amides is 1. The number of nitrogens with one attached hydrogen (secondary N) is 1. The van der Waals surface area contributed by atoms with Crippen LogP contribution in [0.4, 0.5) is 0 Å². The molecule has 0 saturated heterocycles. The Hall–Kier alpha value is -2.61. The van der Waals surface area contributed by atoms with Crippen molar-refractivity contribution in [2.45, 2.75) is 47.1 Å². The van der Waals surface area contributed by atoms with E-state index in [0.29, 0.717) is 5.56 Å². The number of nitrogens with zero attached hydrogens (tertiary/aromatic N) is 5. The molecule has 142 valence electrons. The molecule has 0 fully saturated rings. The van der Waals surface area contributed by atoms with Crippen molar-refractivity contribution in [2.75, 3.05) is 0 Å². The van der Waals surface area contributed by atoms with Crippen molar-refractivity contribution in [3.05, 3.63) is 52.4 Å². The highest BCUT2D eigenvalue weighted by atomic mass is 32.1. The average molecular weight is 385 g/mol. The van der Waals surface area contributed by atoms with Gasteiger partial charge >= 0.3 is 0 Å². The first kappa shape index (κ1) is 19.2. The second-order valence-electron chi connectivity index (χ2n) is 7.79. The molecule has 0 spiro atoms. The molecule has 3 aromatic rings. The van der Waals surface area contributed by atoms with E-state index in [-0.39, 0.29) is 17.4 Å². The van der Waals surface area contributed by atoms with Gasteiger partial charge in [-0.05, 0) is 53.3 Å². The lowest BCUT2D eigenvalue weighted by Gasteiger charge is -2.27. The van der Waals surface area contributed by atoms with E-state index < -0.39 is 0 Å². The Labute approximate surface area is 162 Å². The Morgan fingerprint density at radius 3 is 2.70 bits per heavy atom. The summed E-state index contributed by atoms with van der Waals surface area (Å²) in [5.41, 5.74) is 2.61. The van der Waals surface area contributed by atoms with E-state index in [1.807, 2.05) is 32.2 Å². The molecule has 0 radical (unpaired) electrons. The topological polar surface area (TPSA) is 85.6 Å². The standard InChI is InChI=1S/C19H24N6OS/c1-12-13(2)27-18(25-11-21-23-24-25)16(12)17(26)22-15(9-19(3,4)5)14-7-6-8-20-10-14/h6-8,10-11,15H,9H2,1-5H3,(H,22,26)/t15-/m1/s1. The molecule has 3 heterocycles. The first-order valence-electron chi connectivity index (χ1n) is 8.80. The van der Waals surface area contributed by atoms with Crippen LogP contribution in [0, 0.1) is 19.3 Å². The normalized spacial score (nSPS) is 12.8. The van der Waals surface area contributed by atoms with Crippen LogP contribution in [0.25, 0.3) is 5.00 Å². The summed E-state index contributed by atoms with van der Waals surface area (Å²) in [6.45, 7) is 10.4. The highest BCUT2D eigenvalue weighted by Gasteiger charge is 2.27. The van der Waals surface area contributed by atoms with E-state index in [2.05, 4.69) is 46.6 Å². The Morgan fingerprint density at radius 1 is 1.33 bits per heavy atom. The first-order chi connectivity index (χ1) is 12.8. The maximum atomic E-state index is 13.3. The van der Waals surface area contributed by atoms with Crippen LogP contribution in [0.15, 0.2) is 30.9 Å². The van der Waals surface area contributed by atoms with Crippen molar-refractivity contribution in [1.82, 2.24) is 30.5 Å². The molecule has 3 rings (SSSR count). The van der Waals surface area contributed by atoms with Gasteiger partial charge in [0.2, 0.25) is 0 Å².